The monoisotopic (exact) mass is 271 g/mol. The van der Waals surface area contributed by atoms with Crippen molar-refractivity contribution in [1.82, 2.24) is 4.31 Å². The summed E-state index contributed by atoms with van der Waals surface area (Å²) in [5.74, 6) is -0.689. The standard InChI is InChI=1S/C11H14FN3O2S/c12-8-1-5-10(6-2-8)18(16,17)15(7-11(13)14)9-3-4-9/h1-2,5-6,9H,3-4,7H2,(H3,13,14). The summed E-state index contributed by atoms with van der Waals surface area (Å²) in [6.07, 6.45) is 1.54. The van der Waals surface area contributed by atoms with E-state index in [1.54, 1.807) is 0 Å². The summed E-state index contributed by atoms with van der Waals surface area (Å²) in [6, 6.07) is 4.56. The van der Waals surface area contributed by atoms with E-state index in [0.29, 0.717) is 0 Å². The summed E-state index contributed by atoms with van der Waals surface area (Å²) in [5.41, 5.74) is 5.27. The molecule has 1 aromatic rings. The molecule has 0 unspecified atom stereocenters. The van der Waals surface area contributed by atoms with E-state index in [-0.39, 0.29) is 23.3 Å². The molecule has 1 aliphatic carbocycles. The number of hydrogen-bond donors (Lipinski definition) is 2. The van der Waals surface area contributed by atoms with E-state index in [0.717, 1.165) is 25.0 Å². The van der Waals surface area contributed by atoms with Gasteiger partial charge in [0.1, 0.15) is 11.7 Å². The van der Waals surface area contributed by atoms with Crippen LogP contribution in [-0.4, -0.2) is 31.1 Å². The Morgan fingerprint density at radius 3 is 2.39 bits per heavy atom. The van der Waals surface area contributed by atoms with Gasteiger partial charge >= 0.3 is 0 Å². The van der Waals surface area contributed by atoms with Crippen molar-refractivity contribution in [2.45, 2.75) is 23.8 Å². The average Bonchev–Trinajstić information content (AvgIpc) is 3.10. The molecule has 0 radical (unpaired) electrons. The van der Waals surface area contributed by atoms with Gasteiger partial charge in [-0.3, -0.25) is 5.41 Å². The van der Waals surface area contributed by atoms with Gasteiger partial charge in [0, 0.05) is 6.04 Å². The predicted octanol–water partition coefficient (Wildman–Crippen LogP) is 0.915. The summed E-state index contributed by atoms with van der Waals surface area (Å²) >= 11 is 0. The number of halogens is 1. The third-order valence-corrected chi connectivity index (χ3v) is 4.61. The highest BCUT2D eigenvalue weighted by Gasteiger charge is 2.38. The fraction of sp³-hybridized carbons (Fsp3) is 0.364. The molecule has 0 amide bonds. The first-order chi connectivity index (χ1) is 8.41. The maximum Gasteiger partial charge on any atom is 0.243 e. The zero-order valence-electron chi connectivity index (χ0n) is 9.64. The number of rotatable bonds is 5. The van der Waals surface area contributed by atoms with Gasteiger partial charge in [-0.05, 0) is 37.1 Å². The summed E-state index contributed by atoms with van der Waals surface area (Å²) in [4.78, 5) is 0.0250. The molecule has 1 saturated carbocycles. The van der Waals surface area contributed by atoms with E-state index < -0.39 is 15.8 Å². The molecule has 18 heavy (non-hydrogen) atoms. The zero-order chi connectivity index (χ0) is 13.3. The minimum absolute atomic E-state index is 0.0250. The van der Waals surface area contributed by atoms with Crippen LogP contribution in [0.3, 0.4) is 0 Å². The minimum Gasteiger partial charge on any atom is -0.387 e. The summed E-state index contributed by atoms with van der Waals surface area (Å²) in [6.45, 7) is -0.121. The second-order valence-electron chi connectivity index (χ2n) is 4.26. The van der Waals surface area contributed by atoms with E-state index in [2.05, 4.69) is 0 Å². The van der Waals surface area contributed by atoms with Crippen molar-refractivity contribution in [3.8, 4) is 0 Å². The molecule has 1 aliphatic rings. The van der Waals surface area contributed by atoms with Gasteiger partial charge < -0.3 is 5.73 Å². The van der Waals surface area contributed by atoms with Crippen LogP contribution in [0.15, 0.2) is 29.2 Å². The first-order valence-corrected chi connectivity index (χ1v) is 6.95. The van der Waals surface area contributed by atoms with Crippen LogP contribution in [0.5, 0.6) is 0 Å². The van der Waals surface area contributed by atoms with Crippen molar-refractivity contribution in [2.75, 3.05) is 6.54 Å². The lowest BCUT2D eigenvalue weighted by Gasteiger charge is -2.21. The van der Waals surface area contributed by atoms with Crippen molar-refractivity contribution in [2.24, 2.45) is 5.73 Å². The highest BCUT2D eigenvalue weighted by atomic mass is 32.2. The van der Waals surface area contributed by atoms with Gasteiger partial charge in [-0.1, -0.05) is 0 Å². The third-order valence-electron chi connectivity index (χ3n) is 2.70. The van der Waals surface area contributed by atoms with Crippen molar-refractivity contribution in [1.29, 1.82) is 5.41 Å². The number of amidine groups is 1. The molecule has 3 N–H and O–H groups in total. The van der Waals surface area contributed by atoms with E-state index >= 15 is 0 Å². The maximum atomic E-state index is 12.8. The Kier molecular flexibility index (Phi) is 3.36. The normalized spacial score (nSPS) is 15.9. The van der Waals surface area contributed by atoms with Gasteiger partial charge in [0.2, 0.25) is 10.0 Å². The summed E-state index contributed by atoms with van der Waals surface area (Å²) in [5, 5.41) is 7.23. The predicted molar refractivity (Wildman–Crippen MR) is 65.2 cm³/mol. The Morgan fingerprint density at radius 2 is 1.94 bits per heavy atom. The number of nitrogens with one attached hydrogen (secondary N) is 1. The molecule has 0 atom stereocenters. The van der Waals surface area contributed by atoms with Crippen LogP contribution in [0.1, 0.15) is 12.8 Å². The van der Waals surface area contributed by atoms with Gasteiger partial charge in [-0.25, -0.2) is 12.8 Å². The second-order valence-corrected chi connectivity index (χ2v) is 6.15. The smallest absolute Gasteiger partial charge is 0.243 e. The highest BCUT2D eigenvalue weighted by molar-refractivity contribution is 7.89. The molecule has 7 heteroatoms. The molecule has 0 heterocycles. The minimum atomic E-state index is -3.70. The van der Waals surface area contributed by atoms with Gasteiger partial charge in [0.05, 0.1) is 11.4 Å². The molecule has 1 aromatic carbocycles. The summed E-state index contributed by atoms with van der Waals surface area (Å²) in [7, 11) is -3.70. The molecule has 5 nitrogen and oxygen atoms in total. The molecular formula is C11H14FN3O2S. The lowest BCUT2D eigenvalue weighted by Crippen LogP contribution is -2.39. The highest BCUT2D eigenvalue weighted by Crippen LogP contribution is 2.31. The fourth-order valence-electron chi connectivity index (χ4n) is 1.68. The Balaban J connectivity index is 2.32. The Morgan fingerprint density at radius 1 is 1.39 bits per heavy atom. The fourth-order valence-corrected chi connectivity index (χ4v) is 3.35. The van der Waals surface area contributed by atoms with Gasteiger partial charge in [0.15, 0.2) is 0 Å². The van der Waals surface area contributed by atoms with Crippen LogP contribution in [0.2, 0.25) is 0 Å². The van der Waals surface area contributed by atoms with Gasteiger partial charge in [-0.2, -0.15) is 4.31 Å². The zero-order valence-corrected chi connectivity index (χ0v) is 10.5. The number of benzene rings is 1. The van der Waals surface area contributed by atoms with E-state index in [1.165, 1.54) is 16.4 Å². The number of nitrogens with two attached hydrogens (primary N) is 1. The van der Waals surface area contributed by atoms with E-state index in [4.69, 9.17) is 11.1 Å². The SMILES string of the molecule is N=C(N)CN(C1CC1)S(=O)(=O)c1ccc(F)cc1. The van der Waals surface area contributed by atoms with Crippen LogP contribution in [0.4, 0.5) is 4.39 Å². The lowest BCUT2D eigenvalue weighted by molar-refractivity contribution is 0.442. The quantitative estimate of drug-likeness (QED) is 0.616. The molecule has 2 rings (SSSR count). The van der Waals surface area contributed by atoms with Crippen LogP contribution in [0, 0.1) is 11.2 Å². The molecule has 0 saturated heterocycles. The van der Waals surface area contributed by atoms with Crippen LogP contribution < -0.4 is 5.73 Å². The number of sulfonamides is 1. The first-order valence-electron chi connectivity index (χ1n) is 5.51. The molecule has 98 valence electrons. The van der Waals surface area contributed by atoms with Crippen molar-refractivity contribution in [3.05, 3.63) is 30.1 Å². The summed E-state index contributed by atoms with van der Waals surface area (Å²) < 4.78 is 38.6. The molecule has 1 fully saturated rings. The molecule has 0 bridgehead atoms. The molecule has 0 aromatic heterocycles. The molecule has 0 aliphatic heterocycles. The molecule has 0 spiro atoms. The molecular weight excluding hydrogens is 257 g/mol. The first kappa shape index (κ1) is 13.0. The van der Waals surface area contributed by atoms with E-state index in [9.17, 15) is 12.8 Å². The van der Waals surface area contributed by atoms with Crippen LogP contribution in [-0.2, 0) is 10.0 Å². The van der Waals surface area contributed by atoms with Crippen molar-refractivity contribution in [3.63, 3.8) is 0 Å². The third kappa shape index (κ3) is 2.68. The van der Waals surface area contributed by atoms with Gasteiger partial charge in [0.25, 0.3) is 0 Å². The largest absolute Gasteiger partial charge is 0.387 e. The van der Waals surface area contributed by atoms with Crippen LogP contribution in [0.25, 0.3) is 0 Å². The van der Waals surface area contributed by atoms with Gasteiger partial charge in [-0.15, -0.1) is 0 Å². The van der Waals surface area contributed by atoms with Crippen LogP contribution >= 0.6 is 0 Å². The number of nitrogens with zero attached hydrogens (tertiary/aromatic N) is 1. The lowest BCUT2D eigenvalue weighted by atomic mass is 10.4. The number of hydrogen-bond acceptors (Lipinski definition) is 3. The second kappa shape index (κ2) is 4.66. The Bertz CT molecular complexity index is 552. The Labute approximate surface area is 105 Å². The topological polar surface area (TPSA) is 87.2 Å². The Hall–Kier alpha value is -1.47. The van der Waals surface area contributed by atoms with E-state index in [1.807, 2.05) is 0 Å². The average molecular weight is 271 g/mol. The maximum absolute atomic E-state index is 12.8. The van der Waals surface area contributed by atoms with Crippen molar-refractivity contribution >= 4 is 15.9 Å². The van der Waals surface area contributed by atoms with Crippen molar-refractivity contribution < 1.29 is 12.8 Å².